The SMILES string of the molecule is CC.CC(C)OC(=O)/C=C\N/N=C(\N)c1cc(Cl)cc(OC(F)(F)F)c1. The number of carbonyl (C=O) groups is 1. The van der Waals surface area contributed by atoms with Gasteiger partial charge in [0.25, 0.3) is 0 Å². The molecule has 0 saturated carbocycles. The maximum atomic E-state index is 12.2. The molecule has 1 aromatic rings. The Labute approximate surface area is 154 Å². The van der Waals surface area contributed by atoms with E-state index in [1.54, 1.807) is 13.8 Å². The predicted octanol–water partition coefficient (Wildman–Crippen LogP) is 3.94. The third kappa shape index (κ3) is 10.4. The molecule has 0 heterocycles. The van der Waals surface area contributed by atoms with Crippen LogP contribution in [-0.4, -0.2) is 24.3 Å². The first kappa shape index (κ1) is 23.6. The summed E-state index contributed by atoms with van der Waals surface area (Å²) in [5.74, 6) is -1.28. The highest BCUT2D eigenvalue weighted by atomic mass is 35.5. The number of hydrazone groups is 1. The first-order valence-electron chi connectivity index (χ1n) is 7.59. The number of nitrogens with one attached hydrogen (secondary N) is 1. The van der Waals surface area contributed by atoms with Gasteiger partial charge in [-0.3, -0.25) is 5.43 Å². The first-order chi connectivity index (χ1) is 12.1. The van der Waals surface area contributed by atoms with Crippen LogP contribution < -0.4 is 15.9 Å². The first-order valence-corrected chi connectivity index (χ1v) is 7.97. The number of hydrogen-bond donors (Lipinski definition) is 2. The summed E-state index contributed by atoms with van der Waals surface area (Å²) >= 11 is 5.72. The van der Waals surface area contributed by atoms with Crippen molar-refractivity contribution in [3.8, 4) is 5.75 Å². The monoisotopic (exact) mass is 395 g/mol. The number of rotatable bonds is 6. The Morgan fingerprint density at radius 3 is 2.46 bits per heavy atom. The van der Waals surface area contributed by atoms with E-state index < -0.39 is 18.1 Å². The number of hydrogen-bond acceptors (Lipinski definition) is 5. The number of ether oxygens (including phenoxy) is 2. The number of nitrogens with zero attached hydrogens (tertiary/aromatic N) is 1. The Balaban J connectivity index is 0.00000301. The molecule has 1 aromatic carbocycles. The van der Waals surface area contributed by atoms with Crippen LogP contribution in [0, 0.1) is 0 Å². The maximum absolute atomic E-state index is 12.2. The molecule has 0 fully saturated rings. The molecule has 0 saturated heterocycles. The van der Waals surface area contributed by atoms with Gasteiger partial charge in [0.2, 0.25) is 0 Å². The normalized spacial score (nSPS) is 11.8. The van der Waals surface area contributed by atoms with Crippen molar-refractivity contribution in [2.45, 2.75) is 40.2 Å². The molecule has 0 spiro atoms. The summed E-state index contributed by atoms with van der Waals surface area (Å²) in [6.45, 7) is 7.38. The third-order valence-electron chi connectivity index (χ3n) is 2.23. The van der Waals surface area contributed by atoms with E-state index in [1.807, 2.05) is 13.8 Å². The molecule has 3 N–H and O–H groups in total. The molecular formula is C16H21ClF3N3O3. The molecule has 6 nitrogen and oxygen atoms in total. The molecule has 26 heavy (non-hydrogen) atoms. The largest absolute Gasteiger partial charge is 0.573 e. The molecule has 0 unspecified atom stereocenters. The number of alkyl halides is 3. The Hall–Kier alpha value is -2.42. The Morgan fingerprint density at radius 1 is 1.31 bits per heavy atom. The summed E-state index contributed by atoms with van der Waals surface area (Å²) in [7, 11) is 0. The lowest BCUT2D eigenvalue weighted by Crippen LogP contribution is -2.19. The van der Waals surface area contributed by atoms with E-state index >= 15 is 0 Å². The highest BCUT2D eigenvalue weighted by molar-refractivity contribution is 6.31. The van der Waals surface area contributed by atoms with Crippen LogP contribution in [0.15, 0.2) is 35.6 Å². The van der Waals surface area contributed by atoms with E-state index in [0.29, 0.717) is 0 Å². The average Bonchev–Trinajstić information content (AvgIpc) is 2.50. The predicted molar refractivity (Wildman–Crippen MR) is 93.7 cm³/mol. The lowest BCUT2D eigenvalue weighted by atomic mass is 10.2. The fourth-order valence-electron chi connectivity index (χ4n) is 1.45. The molecule has 10 heteroatoms. The lowest BCUT2D eigenvalue weighted by molar-refractivity contribution is -0.274. The Morgan fingerprint density at radius 2 is 1.92 bits per heavy atom. The fraction of sp³-hybridized carbons (Fsp3) is 0.375. The third-order valence-corrected chi connectivity index (χ3v) is 2.45. The average molecular weight is 396 g/mol. The van der Waals surface area contributed by atoms with Crippen LogP contribution in [0.25, 0.3) is 0 Å². The quantitative estimate of drug-likeness (QED) is 0.250. The van der Waals surface area contributed by atoms with Crippen LogP contribution in [0.3, 0.4) is 0 Å². The van der Waals surface area contributed by atoms with Gasteiger partial charge in [-0.25, -0.2) is 4.79 Å². The molecule has 0 aromatic heterocycles. The minimum absolute atomic E-state index is 0.0130. The number of esters is 1. The zero-order chi connectivity index (χ0) is 20.3. The van der Waals surface area contributed by atoms with Gasteiger partial charge in [0.15, 0.2) is 5.84 Å². The van der Waals surface area contributed by atoms with Crippen molar-refractivity contribution in [2.75, 3.05) is 0 Å². The molecule has 0 aliphatic rings. The second-order valence-electron chi connectivity index (χ2n) is 4.67. The molecule has 1 rings (SSSR count). The molecule has 0 radical (unpaired) electrons. The summed E-state index contributed by atoms with van der Waals surface area (Å²) in [6, 6.07) is 3.32. The standard InChI is InChI=1S/C14H15ClF3N3O3.C2H6/c1-8(2)23-12(22)3-4-20-21-13(19)9-5-10(15)7-11(6-9)24-14(16,17)18;1-2/h3-8,20H,1-2H3,(H2,19,21);1-2H3/b4-3-;. The van der Waals surface area contributed by atoms with E-state index in [0.717, 1.165) is 24.4 Å². The number of halogens is 4. The molecule has 146 valence electrons. The van der Waals surface area contributed by atoms with Crippen LogP contribution in [0.4, 0.5) is 13.2 Å². The summed E-state index contributed by atoms with van der Waals surface area (Å²) in [6.07, 6.45) is -2.89. The highest BCUT2D eigenvalue weighted by Gasteiger charge is 2.31. The summed E-state index contributed by atoms with van der Waals surface area (Å²) in [5, 5.41) is 3.67. The summed E-state index contributed by atoms with van der Waals surface area (Å²) in [5.41, 5.74) is 8.09. The summed E-state index contributed by atoms with van der Waals surface area (Å²) in [4.78, 5) is 11.2. The van der Waals surface area contributed by atoms with E-state index in [2.05, 4.69) is 15.3 Å². The van der Waals surface area contributed by atoms with Crippen molar-refractivity contribution < 1.29 is 27.4 Å². The van der Waals surface area contributed by atoms with Gasteiger partial charge in [-0.2, -0.15) is 5.10 Å². The van der Waals surface area contributed by atoms with Crippen molar-refractivity contribution >= 4 is 23.4 Å². The molecule has 0 amide bonds. The van der Waals surface area contributed by atoms with Crippen LogP contribution >= 0.6 is 11.6 Å². The van der Waals surface area contributed by atoms with E-state index in [1.165, 1.54) is 6.07 Å². The zero-order valence-electron chi connectivity index (χ0n) is 14.7. The number of nitrogens with two attached hydrogens (primary N) is 1. The van der Waals surface area contributed by atoms with Crippen molar-refractivity contribution in [1.82, 2.24) is 5.43 Å². The zero-order valence-corrected chi connectivity index (χ0v) is 15.5. The molecular weight excluding hydrogens is 375 g/mol. The topological polar surface area (TPSA) is 85.9 Å². The van der Waals surface area contributed by atoms with Crippen LogP contribution in [-0.2, 0) is 9.53 Å². The van der Waals surface area contributed by atoms with E-state index in [4.69, 9.17) is 22.1 Å². The van der Waals surface area contributed by atoms with Crippen molar-refractivity contribution in [2.24, 2.45) is 10.8 Å². The number of amidine groups is 1. The Bertz CT molecular complexity index is 647. The van der Waals surface area contributed by atoms with Gasteiger partial charge >= 0.3 is 12.3 Å². The smallest absolute Gasteiger partial charge is 0.460 e. The van der Waals surface area contributed by atoms with Crippen LogP contribution in [0.1, 0.15) is 33.3 Å². The van der Waals surface area contributed by atoms with Crippen molar-refractivity contribution in [3.05, 3.63) is 41.1 Å². The van der Waals surface area contributed by atoms with E-state index in [9.17, 15) is 18.0 Å². The number of benzene rings is 1. The minimum Gasteiger partial charge on any atom is -0.460 e. The van der Waals surface area contributed by atoms with Gasteiger partial charge in [0.05, 0.1) is 6.10 Å². The lowest BCUT2D eigenvalue weighted by Gasteiger charge is -2.10. The van der Waals surface area contributed by atoms with E-state index in [-0.39, 0.29) is 22.5 Å². The molecule has 0 atom stereocenters. The van der Waals surface area contributed by atoms with Crippen LogP contribution in [0.2, 0.25) is 5.02 Å². The summed E-state index contributed by atoms with van der Waals surface area (Å²) < 4.78 is 45.3. The van der Waals surface area contributed by atoms with Gasteiger partial charge in [-0.05, 0) is 32.0 Å². The van der Waals surface area contributed by atoms with Gasteiger partial charge in [-0.15, -0.1) is 13.2 Å². The Kier molecular flexibility index (Phi) is 10.2. The van der Waals surface area contributed by atoms with Gasteiger partial charge in [0, 0.05) is 22.9 Å². The molecule has 0 aliphatic heterocycles. The fourth-order valence-corrected chi connectivity index (χ4v) is 1.68. The van der Waals surface area contributed by atoms with Crippen molar-refractivity contribution in [1.29, 1.82) is 0 Å². The minimum atomic E-state index is -4.86. The van der Waals surface area contributed by atoms with Gasteiger partial charge in [0.1, 0.15) is 5.75 Å². The number of carbonyl (C=O) groups excluding carboxylic acids is 1. The van der Waals surface area contributed by atoms with Gasteiger partial charge in [-0.1, -0.05) is 25.4 Å². The van der Waals surface area contributed by atoms with Gasteiger partial charge < -0.3 is 15.2 Å². The maximum Gasteiger partial charge on any atom is 0.573 e. The molecule has 0 bridgehead atoms. The second kappa shape index (κ2) is 11.2. The highest BCUT2D eigenvalue weighted by Crippen LogP contribution is 2.26. The second-order valence-corrected chi connectivity index (χ2v) is 5.10. The van der Waals surface area contributed by atoms with Crippen molar-refractivity contribution in [3.63, 3.8) is 0 Å². The van der Waals surface area contributed by atoms with Crippen LogP contribution in [0.5, 0.6) is 5.75 Å². The molecule has 0 aliphatic carbocycles.